The molecule has 3 atom stereocenters. The van der Waals surface area contributed by atoms with E-state index in [1.807, 2.05) is 39.5 Å². The van der Waals surface area contributed by atoms with Crippen LogP contribution in [0.3, 0.4) is 0 Å². The van der Waals surface area contributed by atoms with Crippen LogP contribution < -0.4 is 5.32 Å². The van der Waals surface area contributed by atoms with Gasteiger partial charge in [-0.2, -0.15) is 0 Å². The maximum absolute atomic E-state index is 12.2. The van der Waals surface area contributed by atoms with Crippen molar-refractivity contribution < 1.29 is 9.53 Å². The van der Waals surface area contributed by atoms with Crippen LogP contribution in [0.25, 0.3) is 0 Å². The number of amides is 1. The van der Waals surface area contributed by atoms with Crippen molar-refractivity contribution >= 4 is 40.7 Å². The van der Waals surface area contributed by atoms with Gasteiger partial charge in [0.15, 0.2) is 0 Å². The van der Waals surface area contributed by atoms with Crippen LogP contribution in [0.2, 0.25) is 0 Å². The molecule has 0 aromatic rings. The molecule has 0 aliphatic carbocycles. The standard InChI is InChI=1S/C13H23Cl3N2O2/c1-8-6-18(7-9(2)20-8)10(13(14,15)16)17-11(19)12(3,4)5/h8-10H,6-7H2,1-5H3,(H,17,19)/t8-,9-,10-/m0/s1. The zero-order valence-corrected chi connectivity index (χ0v) is 14.8. The van der Waals surface area contributed by atoms with Gasteiger partial charge in [0.25, 0.3) is 0 Å². The first kappa shape index (κ1) is 18.3. The van der Waals surface area contributed by atoms with Crippen molar-refractivity contribution in [3.8, 4) is 0 Å². The molecule has 118 valence electrons. The van der Waals surface area contributed by atoms with Crippen LogP contribution in [0.15, 0.2) is 0 Å². The first-order valence-corrected chi connectivity index (χ1v) is 7.82. The predicted octanol–water partition coefficient (Wildman–Crippen LogP) is 2.95. The van der Waals surface area contributed by atoms with Crippen LogP contribution in [0.5, 0.6) is 0 Å². The van der Waals surface area contributed by atoms with E-state index in [1.54, 1.807) is 0 Å². The zero-order valence-electron chi connectivity index (χ0n) is 12.5. The van der Waals surface area contributed by atoms with Gasteiger partial charge in [0.2, 0.25) is 9.70 Å². The summed E-state index contributed by atoms with van der Waals surface area (Å²) in [5.41, 5.74) is -0.544. The molecule has 0 saturated carbocycles. The van der Waals surface area contributed by atoms with Crippen molar-refractivity contribution in [3.05, 3.63) is 0 Å². The highest BCUT2D eigenvalue weighted by Crippen LogP contribution is 2.34. The molecule has 0 aromatic heterocycles. The number of hydrogen-bond acceptors (Lipinski definition) is 3. The fraction of sp³-hybridized carbons (Fsp3) is 0.923. The summed E-state index contributed by atoms with van der Waals surface area (Å²) in [5.74, 6) is -0.152. The van der Waals surface area contributed by atoms with Gasteiger partial charge in [-0.15, -0.1) is 0 Å². The molecule has 1 heterocycles. The molecule has 1 rings (SSSR count). The van der Waals surface area contributed by atoms with Gasteiger partial charge in [-0.1, -0.05) is 55.6 Å². The summed E-state index contributed by atoms with van der Waals surface area (Å²) in [4.78, 5) is 14.1. The number of morpholine rings is 1. The highest BCUT2D eigenvalue weighted by molar-refractivity contribution is 6.68. The van der Waals surface area contributed by atoms with E-state index in [2.05, 4.69) is 5.32 Å². The average molecular weight is 346 g/mol. The molecule has 4 nitrogen and oxygen atoms in total. The molecule has 1 N–H and O–H groups in total. The molecule has 1 aliphatic rings. The van der Waals surface area contributed by atoms with Crippen LogP contribution in [0.4, 0.5) is 0 Å². The Balaban J connectivity index is 2.88. The number of hydrogen-bond donors (Lipinski definition) is 1. The Labute approximate surface area is 136 Å². The maximum Gasteiger partial charge on any atom is 0.226 e. The fourth-order valence-electron chi connectivity index (χ4n) is 2.15. The van der Waals surface area contributed by atoms with Gasteiger partial charge in [-0.05, 0) is 13.8 Å². The lowest BCUT2D eigenvalue weighted by Gasteiger charge is -2.43. The Morgan fingerprint density at radius 1 is 1.20 bits per heavy atom. The van der Waals surface area contributed by atoms with E-state index in [0.29, 0.717) is 13.1 Å². The van der Waals surface area contributed by atoms with Gasteiger partial charge >= 0.3 is 0 Å². The summed E-state index contributed by atoms with van der Waals surface area (Å²) in [7, 11) is 0. The summed E-state index contributed by atoms with van der Waals surface area (Å²) in [5, 5.41) is 2.84. The van der Waals surface area contributed by atoms with E-state index in [1.165, 1.54) is 0 Å². The Bertz CT molecular complexity index is 343. The molecule has 0 spiro atoms. The van der Waals surface area contributed by atoms with E-state index in [9.17, 15) is 4.79 Å². The molecule has 0 unspecified atom stereocenters. The average Bonchev–Trinajstić information content (AvgIpc) is 2.20. The maximum atomic E-state index is 12.2. The van der Waals surface area contributed by atoms with Crippen LogP contribution >= 0.6 is 34.8 Å². The first-order valence-electron chi connectivity index (χ1n) is 6.68. The molecule has 7 heteroatoms. The topological polar surface area (TPSA) is 41.6 Å². The lowest BCUT2D eigenvalue weighted by atomic mass is 9.95. The Morgan fingerprint density at radius 2 is 1.65 bits per heavy atom. The Hall–Kier alpha value is 0.260. The molecule has 1 aliphatic heterocycles. The van der Waals surface area contributed by atoms with E-state index in [-0.39, 0.29) is 18.1 Å². The van der Waals surface area contributed by atoms with Gasteiger partial charge in [-0.25, -0.2) is 0 Å². The summed E-state index contributed by atoms with van der Waals surface area (Å²) in [6, 6.07) is 0. The molecule has 1 fully saturated rings. The first-order chi connectivity index (χ1) is 8.91. The van der Waals surface area contributed by atoms with E-state index >= 15 is 0 Å². The van der Waals surface area contributed by atoms with Gasteiger partial charge < -0.3 is 10.1 Å². The molecule has 0 bridgehead atoms. The van der Waals surface area contributed by atoms with Crippen molar-refractivity contribution in [2.24, 2.45) is 5.41 Å². The minimum Gasteiger partial charge on any atom is -0.373 e. The third-order valence-corrected chi connectivity index (χ3v) is 3.69. The van der Waals surface area contributed by atoms with E-state index in [0.717, 1.165) is 0 Å². The Kier molecular flexibility index (Phi) is 6.02. The second kappa shape index (κ2) is 6.57. The number of halogens is 3. The number of carbonyl (C=O) groups is 1. The molecule has 0 radical (unpaired) electrons. The smallest absolute Gasteiger partial charge is 0.226 e. The van der Waals surface area contributed by atoms with Crippen LogP contribution in [-0.4, -0.2) is 46.1 Å². The highest BCUT2D eigenvalue weighted by Gasteiger charge is 2.42. The molecular weight excluding hydrogens is 323 g/mol. The summed E-state index contributed by atoms with van der Waals surface area (Å²) < 4.78 is 4.07. The number of ether oxygens (including phenoxy) is 1. The second-order valence-electron chi connectivity index (χ2n) is 6.38. The largest absolute Gasteiger partial charge is 0.373 e. The number of nitrogens with one attached hydrogen (secondary N) is 1. The van der Waals surface area contributed by atoms with Crippen LogP contribution in [0, 0.1) is 5.41 Å². The predicted molar refractivity (Wildman–Crippen MR) is 83.3 cm³/mol. The van der Waals surface area contributed by atoms with Gasteiger partial charge in [0.05, 0.1) is 12.2 Å². The second-order valence-corrected chi connectivity index (χ2v) is 8.75. The lowest BCUT2D eigenvalue weighted by Crippen LogP contribution is -2.62. The van der Waals surface area contributed by atoms with Crippen LogP contribution in [-0.2, 0) is 9.53 Å². The Morgan fingerprint density at radius 3 is 2.00 bits per heavy atom. The quantitative estimate of drug-likeness (QED) is 0.782. The zero-order chi connectivity index (χ0) is 15.7. The number of alkyl halides is 3. The lowest BCUT2D eigenvalue weighted by molar-refractivity contribution is -0.133. The van der Waals surface area contributed by atoms with Gasteiger partial charge in [-0.3, -0.25) is 9.69 Å². The SMILES string of the molecule is C[C@H]1CN([C@H](NC(=O)C(C)(C)C)C(Cl)(Cl)Cl)C[C@H](C)O1. The molecule has 1 saturated heterocycles. The van der Waals surface area contributed by atoms with Crippen molar-refractivity contribution in [1.29, 1.82) is 0 Å². The summed E-state index contributed by atoms with van der Waals surface area (Å²) in [6.07, 6.45) is -0.617. The normalized spacial score (nSPS) is 27.2. The summed E-state index contributed by atoms with van der Waals surface area (Å²) >= 11 is 18.2. The number of nitrogens with zero attached hydrogens (tertiary/aromatic N) is 1. The number of carbonyl (C=O) groups excluding carboxylic acids is 1. The minimum atomic E-state index is -1.60. The van der Waals surface area contributed by atoms with Gasteiger partial charge in [0, 0.05) is 18.5 Å². The van der Waals surface area contributed by atoms with Crippen molar-refractivity contribution in [2.45, 2.75) is 56.8 Å². The minimum absolute atomic E-state index is 0.0279. The third-order valence-electron chi connectivity index (χ3n) is 3.07. The molecule has 0 aromatic carbocycles. The van der Waals surface area contributed by atoms with Crippen molar-refractivity contribution in [1.82, 2.24) is 10.2 Å². The van der Waals surface area contributed by atoms with Crippen LogP contribution in [0.1, 0.15) is 34.6 Å². The van der Waals surface area contributed by atoms with Crippen molar-refractivity contribution in [3.63, 3.8) is 0 Å². The highest BCUT2D eigenvalue weighted by atomic mass is 35.6. The van der Waals surface area contributed by atoms with E-state index < -0.39 is 15.4 Å². The van der Waals surface area contributed by atoms with E-state index in [4.69, 9.17) is 39.5 Å². The summed E-state index contributed by atoms with van der Waals surface area (Å²) in [6.45, 7) is 10.6. The fourth-order valence-corrected chi connectivity index (χ4v) is 2.73. The molecule has 20 heavy (non-hydrogen) atoms. The molecule has 1 amide bonds. The number of rotatable bonds is 2. The van der Waals surface area contributed by atoms with Gasteiger partial charge in [0.1, 0.15) is 6.17 Å². The molecular formula is C13H23Cl3N2O2. The third kappa shape index (κ3) is 5.23. The monoisotopic (exact) mass is 344 g/mol. The van der Waals surface area contributed by atoms with Crippen molar-refractivity contribution in [2.75, 3.05) is 13.1 Å².